The van der Waals surface area contributed by atoms with Gasteiger partial charge in [0.15, 0.2) is 16.9 Å². The van der Waals surface area contributed by atoms with Gasteiger partial charge < -0.3 is 33.2 Å². The summed E-state index contributed by atoms with van der Waals surface area (Å²) in [5.41, 5.74) is 1.57. The topological polar surface area (TPSA) is 108 Å². The van der Waals surface area contributed by atoms with Crippen LogP contribution in [0.5, 0.6) is 17.2 Å². The molecular formula is C33H31ClN2O8. The standard InChI is InChI=1S/C33H31ClN2O8/c1-40-25-8-5-22(6-9-25)33(39)36(17-26-3-2-12-41-26)18-31(37)35(15-21-4-10-29-30(13-21)44-20-43-29)16-23-19-42-28-11-7-24(34)14-27(28)32(23)38/h4-11,13-14,19,26H,2-3,12,15-18,20H2,1H3. The number of rotatable bonds is 10. The molecule has 0 aliphatic carbocycles. The van der Waals surface area contributed by atoms with E-state index < -0.39 is 0 Å². The lowest BCUT2D eigenvalue weighted by atomic mass is 10.1. The number of nitrogens with zero attached hydrogens (tertiary/aromatic N) is 2. The average Bonchev–Trinajstić information content (AvgIpc) is 3.73. The maximum absolute atomic E-state index is 14.1. The molecule has 0 saturated carbocycles. The summed E-state index contributed by atoms with van der Waals surface area (Å²) >= 11 is 6.16. The molecule has 228 valence electrons. The van der Waals surface area contributed by atoms with Crippen molar-refractivity contribution < 1.29 is 33.0 Å². The number of hydrogen-bond acceptors (Lipinski definition) is 8. The highest BCUT2D eigenvalue weighted by molar-refractivity contribution is 6.31. The van der Waals surface area contributed by atoms with E-state index in [1.165, 1.54) is 16.1 Å². The number of ether oxygens (including phenoxy) is 4. The van der Waals surface area contributed by atoms with Crippen LogP contribution >= 0.6 is 11.6 Å². The van der Waals surface area contributed by atoms with E-state index in [-0.39, 0.29) is 61.9 Å². The molecule has 3 aromatic carbocycles. The summed E-state index contributed by atoms with van der Waals surface area (Å²) < 4.78 is 27.8. The Labute approximate surface area is 258 Å². The normalized spacial score (nSPS) is 15.4. The lowest BCUT2D eigenvalue weighted by molar-refractivity contribution is -0.133. The number of benzene rings is 3. The van der Waals surface area contributed by atoms with Crippen LogP contribution in [0.1, 0.15) is 34.3 Å². The Hall–Kier alpha value is -4.54. The Balaban J connectivity index is 1.30. The Morgan fingerprint density at radius 1 is 0.977 bits per heavy atom. The molecule has 1 saturated heterocycles. The molecule has 0 radical (unpaired) electrons. The van der Waals surface area contributed by atoms with Crippen molar-refractivity contribution in [3.8, 4) is 17.2 Å². The number of methoxy groups -OCH3 is 1. The van der Waals surface area contributed by atoms with Gasteiger partial charge >= 0.3 is 0 Å². The monoisotopic (exact) mass is 618 g/mol. The molecule has 4 aromatic rings. The maximum atomic E-state index is 14.1. The van der Waals surface area contributed by atoms with Crippen LogP contribution in [0.4, 0.5) is 0 Å². The van der Waals surface area contributed by atoms with E-state index in [4.69, 9.17) is 35.0 Å². The van der Waals surface area contributed by atoms with Gasteiger partial charge in [-0.25, -0.2) is 0 Å². The van der Waals surface area contributed by atoms with Crippen LogP contribution in [0.15, 0.2) is 76.1 Å². The molecule has 0 N–H and O–H groups in total. The number of carbonyl (C=O) groups excluding carboxylic acids is 2. The third-order valence-electron chi connectivity index (χ3n) is 7.73. The van der Waals surface area contributed by atoms with Crippen molar-refractivity contribution in [1.29, 1.82) is 0 Å². The summed E-state index contributed by atoms with van der Waals surface area (Å²) in [4.78, 5) is 44.3. The van der Waals surface area contributed by atoms with Gasteiger partial charge in [-0.05, 0) is 73.0 Å². The quantitative estimate of drug-likeness (QED) is 0.243. The molecule has 1 fully saturated rings. The fraction of sp³-hybridized carbons (Fsp3) is 0.303. The highest BCUT2D eigenvalue weighted by Gasteiger charge is 2.28. The lowest BCUT2D eigenvalue weighted by Gasteiger charge is -2.29. The van der Waals surface area contributed by atoms with Gasteiger partial charge in [0.05, 0.1) is 37.0 Å². The first-order valence-electron chi connectivity index (χ1n) is 14.3. The summed E-state index contributed by atoms with van der Waals surface area (Å²) in [5.74, 6) is 1.15. The minimum atomic E-state index is -0.354. The predicted octanol–water partition coefficient (Wildman–Crippen LogP) is 5.03. The molecule has 11 heteroatoms. The van der Waals surface area contributed by atoms with E-state index in [0.29, 0.717) is 45.4 Å². The van der Waals surface area contributed by atoms with Crippen molar-refractivity contribution in [2.24, 2.45) is 0 Å². The molecule has 44 heavy (non-hydrogen) atoms. The Morgan fingerprint density at radius 3 is 2.57 bits per heavy atom. The minimum Gasteiger partial charge on any atom is -0.497 e. The highest BCUT2D eigenvalue weighted by atomic mass is 35.5. The maximum Gasteiger partial charge on any atom is 0.254 e. The molecule has 1 atom stereocenters. The molecule has 10 nitrogen and oxygen atoms in total. The van der Waals surface area contributed by atoms with Crippen molar-refractivity contribution in [2.45, 2.75) is 32.0 Å². The van der Waals surface area contributed by atoms with Crippen LogP contribution in [0.2, 0.25) is 5.02 Å². The van der Waals surface area contributed by atoms with Gasteiger partial charge in [0, 0.05) is 30.3 Å². The van der Waals surface area contributed by atoms with Gasteiger partial charge in [0.2, 0.25) is 12.7 Å². The zero-order chi connectivity index (χ0) is 30.6. The van der Waals surface area contributed by atoms with Crippen molar-refractivity contribution in [3.05, 3.63) is 98.9 Å². The third-order valence-corrected chi connectivity index (χ3v) is 7.96. The fourth-order valence-corrected chi connectivity index (χ4v) is 5.56. The average molecular weight is 619 g/mol. The van der Waals surface area contributed by atoms with Gasteiger partial charge in [-0.2, -0.15) is 0 Å². The predicted molar refractivity (Wildman–Crippen MR) is 162 cm³/mol. The van der Waals surface area contributed by atoms with Crippen LogP contribution in [-0.2, 0) is 22.6 Å². The van der Waals surface area contributed by atoms with Crippen molar-refractivity contribution in [3.63, 3.8) is 0 Å². The summed E-state index contributed by atoms with van der Waals surface area (Å²) in [6, 6.07) is 17.0. The molecular weight excluding hydrogens is 588 g/mol. The van der Waals surface area contributed by atoms with E-state index in [1.807, 2.05) is 6.07 Å². The Bertz CT molecular complexity index is 1730. The van der Waals surface area contributed by atoms with Gasteiger partial charge in [-0.1, -0.05) is 17.7 Å². The Kier molecular flexibility index (Phi) is 8.72. The molecule has 1 unspecified atom stereocenters. The van der Waals surface area contributed by atoms with Crippen molar-refractivity contribution >= 4 is 34.4 Å². The lowest BCUT2D eigenvalue weighted by Crippen LogP contribution is -2.45. The van der Waals surface area contributed by atoms with E-state index in [9.17, 15) is 14.4 Å². The van der Waals surface area contributed by atoms with Gasteiger partial charge in [-0.3, -0.25) is 14.4 Å². The van der Waals surface area contributed by atoms with Crippen molar-refractivity contribution in [1.82, 2.24) is 9.80 Å². The van der Waals surface area contributed by atoms with E-state index in [2.05, 4.69) is 0 Å². The van der Waals surface area contributed by atoms with Gasteiger partial charge in [0.1, 0.15) is 17.9 Å². The largest absolute Gasteiger partial charge is 0.497 e. The second kappa shape index (κ2) is 13.0. The smallest absolute Gasteiger partial charge is 0.254 e. The highest BCUT2D eigenvalue weighted by Crippen LogP contribution is 2.33. The SMILES string of the molecule is COc1ccc(C(=O)N(CC(=O)N(Cc2ccc3c(c2)OCO3)Cc2coc3ccc(Cl)cc3c2=O)CC2CCCO2)cc1. The van der Waals surface area contributed by atoms with Crippen LogP contribution in [0.25, 0.3) is 11.0 Å². The number of amides is 2. The first kappa shape index (κ1) is 29.5. The summed E-state index contributed by atoms with van der Waals surface area (Å²) in [7, 11) is 1.55. The van der Waals surface area contributed by atoms with Crippen LogP contribution in [0.3, 0.4) is 0 Å². The van der Waals surface area contributed by atoms with Crippen molar-refractivity contribution in [2.75, 3.05) is 33.6 Å². The molecule has 3 heterocycles. The van der Waals surface area contributed by atoms with Gasteiger partial charge in [-0.15, -0.1) is 0 Å². The first-order valence-corrected chi connectivity index (χ1v) is 14.7. The zero-order valence-corrected chi connectivity index (χ0v) is 24.9. The molecule has 0 bridgehead atoms. The Morgan fingerprint density at radius 2 is 1.80 bits per heavy atom. The zero-order valence-electron chi connectivity index (χ0n) is 24.1. The number of hydrogen-bond donors (Lipinski definition) is 0. The van der Waals surface area contributed by atoms with E-state index in [1.54, 1.807) is 61.7 Å². The van der Waals surface area contributed by atoms with E-state index >= 15 is 0 Å². The molecule has 2 amide bonds. The number of carbonyl (C=O) groups is 2. The summed E-state index contributed by atoms with van der Waals surface area (Å²) in [6.07, 6.45) is 2.87. The van der Waals surface area contributed by atoms with Crippen LogP contribution in [-0.4, -0.2) is 61.3 Å². The second-order valence-electron chi connectivity index (χ2n) is 10.7. The fourth-order valence-electron chi connectivity index (χ4n) is 5.38. The molecule has 2 aliphatic heterocycles. The van der Waals surface area contributed by atoms with Crippen LogP contribution < -0.4 is 19.6 Å². The summed E-state index contributed by atoms with van der Waals surface area (Å²) in [6.45, 7) is 0.857. The van der Waals surface area contributed by atoms with E-state index in [0.717, 1.165) is 18.4 Å². The number of halogens is 1. The first-order chi connectivity index (χ1) is 21.4. The summed E-state index contributed by atoms with van der Waals surface area (Å²) in [5, 5.41) is 0.720. The minimum absolute atomic E-state index is 0.0530. The van der Waals surface area contributed by atoms with Crippen LogP contribution in [0, 0.1) is 0 Å². The van der Waals surface area contributed by atoms with Gasteiger partial charge in [0.25, 0.3) is 5.91 Å². The third kappa shape index (κ3) is 6.51. The molecule has 0 spiro atoms. The molecule has 1 aromatic heterocycles. The number of fused-ring (bicyclic) bond motifs is 2. The molecule has 6 rings (SSSR count). The second-order valence-corrected chi connectivity index (χ2v) is 11.2. The molecule has 2 aliphatic rings.